The highest BCUT2D eigenvalue weighted by molar-refractivity contribution is 5.48. The molecule has 2 aromatic heterocycles. The Morgan fingerprint density at radius 2 is 2.25 bits per heavy atom. The number of likely N-dealkylation sites (tertiary alicyclic amines) is 1. The van der Waals surface area contributed by atoms with Crippen molar-refractivity contribution < 1.29 is 0 Å². The number of nitrogens with two attached hydrogens (primary N) is 1. The second-order valence-electron chi connectivity index (χ2n) is 4.53. The maximum Gasteiger partial charge on any atom is 0.137 e. The van der Waals surface area contributed by atoms with Crippen LogP contribution in [0.25, 0.3) is 5.65 Å². The van der Waals surface area contributed by atoms with Crippen LogP contribution in [-0.4, -0.2) is 27.9 Å². The molecule has 0 saturated carbocycles. The highest BCUT2D eigenvalue weighted by Gasteiger charge is 2.24. The first kappa shape index (κ1) is 9.66. The summed E-state index contributed by atoms with van der Waals surface area (Å²) in [6, 6.07) is 4.33. The largest absolute Gasteiger partial charge is 0.398 e. The van der Waals surface area contributed by atoms with E-state index in [2.05, 4.69) is 23.1 Å². The summed E-state index contributed by atoms with van der Waals surface area (Å²) >= 11 is 0. The van der Waals surface area contributed by atoms with Crippen LogP contribution in [0.5, 0.6) is 0 Å². The lowest BCUT2D eigenvalue weighted by atomic mass is 10.2. The molecule has 1 aliphatic heterocycles. The first-order chi connectivity index (χ1) is 7.74. The molecule has 0 aliphatic carbocycles. The Morgan fingerprint density at radius 3 is 3.00 bits per heavy atom. The van der Waals surface area contributed by atoms with E-state index in [1.807, 2.05) is 22.7 Å². The number of aromatic nitrogens is 2. The van der Waals surface area contributed by atoms with Crippen molar-refractivity contribution in [2.75, 3.05) is 19.3 Å². The van der Waals surface area contributed by atoms with Gasteiger partial charge in [0.05, 0.1) is 11.7 Å². The minimum Gasteiger partial charge on any atom is -0.398 e. The Morgan fingerprint density at radius 1 is 1.38 bits per heavy atom. The summed E-state index contributed by atoms with van der Waals surface area (Å²) in [5.74, 6) is 0. The number of rotatable bonds is 1. The van der Waals surface area contributed by atoms with Gasteiger partial charge in [-0.3, -0.25) is 4.90 Å². The van der Waals surface area contributed by atoms with Crippen molar-refractivity contribution in [1.29, 1.82) is 0 Å². The van der Waals surface area contributed by atoms with Gasteiger partial charge >= 0.3 is 0 Å². The minimum absolute atomic E-state index is 0.473. The maximum absolute atomic E-state index is 5.75. The van der Waals surface area contributed by atoms with E-state index in [9.17, 15) is 0 Å². The predicted octanol–water partition coefficient (Wildman–Crippen LogP) is 1.68. The Labute approximate surface area is 94.7 Å². The maximum atomic E-state index is 5.75. The SMILES string of the molecule is CN1CCC[C@@H]1c1cn2cc(N)ccc2n1. The zero-order valence-electron chi connectivity index (χ0n) is 9.43. The first-order valence-electron chi connectivity index (χ1n) is 5.68. The summed E-state index contributed by atoms with van der Waals surface area (Å²) in [5.41, 5.74) is 8.66. The van der Waals surface area contributed by atoms with E-state index >= 15 is 0 Å². The van der Waals surface area contributed by atoms with Crippen LogP contribution in [0.15, 0.2) is 24.5 Å². The smallest absolute Gasteiger partial charge is 0.137 e. The van der Waals surface area contributed by atoms with Crippen LogP contribution in [-0.2, 0) is 0 Å². The molecule has 1 aliphatic rings. The van der Waals surface area contributed by atoms with Crippen LogP contribution < -0.4 is 5.73 Å². The fourth-order valence-electron chi connectivity index (χ4n) is 2.47. The zero-order valence-corrected chi connectivity index (χ0v) is 9.43. The molecule has 1 fully saturated rings. The van der Waals surface area contributed by atoms with Gasteiger partial charge < -0.3 is 10.1 Å². The van der Waals surface area contributed by atoms with Gasteiger partial charge in [-0.25, -0.2) is 4.98 Å². The van der Waals surface area contributed by atoms with E-state index in [0.717, 1.165) is 17.0 Å². The standard InChI is InChI=1S/C12H16N4/c1-15-6-2-3-11(15)10-8-16-7-9(13)4-5-12(16)14-10/h4-5,7-8,11H,2-3,6,13H2,1H3/t11-/m1/s1. The molecule has 0 spiro atoms. The van der Waals surface area contributed by atoms with Gasteiger partial charge in [-0.1, -0.05) is 0 Å². The number of nitrogens with zero attached hydrogens (tertiary/aromatic N) is 3. The van der Waals surface area contributed by atoms with Crippen LogP contribution in [0.1, 0.15) is 24.6 Å². The molecule has 4 heteroatoms. The van der Waals surface area contributed by atoms with Gasteiger partial charge in [-0.05, 0) is 38.6 Å². The van der Waals surface area contributed by atoms with Crippen molar-refractivity contribution >= 4 is 11.3 Å². The van der Waals surface area contributed by atoms with Crippen LogP contribution >= 0.6 is 0 Å². The Hall–Kier alpha value is -1.55. The summed E-state index contributed by atoms with van der Waals surface area (Å²) in [6.07, 6.45) is 6.48. The third-order valence-corrected chi connectivity index (χ3v) is 3.35. The Balaban J connectivity index is 2.04. The summed E-state index contributed by atoms with van der Waals surface area (Å²) in [6.45, 7) is 1.17. The summed E-state index contributed by atoms with van der Waals surface area (Å²) in [5, 5.41) is 0. The molecule has 16 heavy (non-hydrogen) atoms. The summed E-state index contributed by atoms with van der Waals surface area (Å²) in [7, 11) is 2.16. The lowest BCUT2D eigenvalue weighted by Gasteiger charge is -2.16. The highest BCUT2D eigenvalue weighted by atomic mass is 15.2. The second kappa shape index (κ2) is 3.49. The monoisotopic (exact) mass is 216 g/mol. The van der Waals surface area contributed by atoms with E-state index in [0.29, 0.717) is 6.04 Å². The molecule has 84 valence electrons. The number of fused-ring (bicyclic) bond motifs is 1. The zero-order chi connectivity index (χ0) is 11.1. The lowest BCUT2D eigenvalue weighted by molar-refractivity contribution is 0.313. The van der Waals surface area contributed by atoms with Crippen molar-refractivity contribution in [3.63, 3.8) is 0 Å². The number of hydrogen-bond acceptors (Lipinski definition) is 3. The average molecular weight is 216 g/mol. The fourth-order valence-corrected chi connectivity index (χ4v) is 2.47. The molecule has 0 radical (unpaired) electrons. The summed E-state index contributed by atoms with van der Waals surface area (Å²) < 4.78 is 2.01. The van der Waals surface area contributed by atoms with Gasteiger partial charge in [0, 0.05) is 18.1 Å². The van der Waals surface area contributed by atoms with Gasteiger partial charge in [0.15, 0.2) is 0 Å². The molecular formula is C12H16N4. The van der Waals surface area contributed by atoms with E-state index in [1.54, 1.807) is 0 Å². The van der Waals surface area contributed by atoms with Crippen LogP contribution in [0.2, 0.25) is 0 Å². The number of pyridine rings is 1. The third kappa shape index (κ3) is 1.46. The van der Waals surface area contributed by atoms with Crippen molar-refractivity contribution in [2.24, 2.45) is 0 Å². The average Bonchev–Trinajstić information content (AvgIpc) is 2.82. The second-order valence-corrected chi connectivity index (χ2v) is 4.53. The normalized spacial score (nSPS) is 21.9. The van der Waals surface area contributed by atoms with Gasteiger partial charge in [0.25, 0.3) is 0 Å². The molecular weight excluding hydrogens is 200 g/mol. The third-order valence-electron chi connectivity index (χ3n) is 3.35. The van der Waals surface area contributed by atoms with E-state index in [4.69, 9.17) is 5.73 Å². The molecule has 1 saturated heterocycles. The molecule has 2 N–H and O–H groups in total. The molecule has 1 atom stereocenters. The van der Waals surface area contributed by atoms with Crippen molar-refractivity contribution in [3.05, 3.63) is 30.2 Å². The van der Waals surface area contributed by atoms with E-state index in [1.165, 1.54) is 19.4 Å². The molecule has 3 rings (SSSR count). The topological polar surface area (TPSA) is 46.6 Å². The number of imidazole rings is 1. The highest BCUT2D eigenvalue weighted by Crippen LogP contribution is 2.29. The van der Waals surface area contributed by atoms with Gasteiger partial charge in [-0.15, -0.1) is 0 Å². The lowest BCUT2D eigenvalue weighted by Crippen LogP contribution is -2.17. The van der Waals surface area contributed by atoms with Gasteiger partial charge in [0.1, 0.15) is 5.65 Å². The van der Waals surface area contributed by atoms with Crippen molar-refractivity contribution in [2.45, 2.75) is 18.9 Å². The summed E-state index contributed by atoms with van der Waals surface area (Å²) in [4.78, 5) is 7.02. The molecule has 0 aromatic carbocycles. The van der Waals surface area contributed by atoms with E-state index < -0.39 is 0 Å². The molecule has 3 heterocycles. The number of nitrogen functional groups attached to an aromatic ring is 1. The predicted molar refractivity (Wildman–Crippen MR) is 64.2 cm³/mol. The van der Waals surface area contributed by atoms with Gasteiger partial charge in [0.2, 0.25) is 0 Å². The van der Waals surface area contributed by atoms with Crippen LogP contribution in [0.4, 0.5) is 5.69 Å². The molecule has 4 nitrogen and oxygen atoms in total. The van der Waals surface area contributed by atoms with Crippen LogP contribution in [0.3, 0.4) is 0 Å². The fraction of sp³-hybridized carbons (Fsp3) is 0.417. The molecule has 0 unspecified atom stereocenters. The van der Waals surface area contributed by atoms with Gasteiger partial charge in [-0.2, -0.15) is 0 Å². The quantitative estimate of drug-likeness (QED) is 0.789. The van der Waals surface area contributed by atoms with Crippen molar-refractivity contribution in [1.82, 2.24) is 14.3 Å². The Bertz CT molecular complexity index is 517. The number of hydrogen-bond donors (Lipinski definition) is 1. The van der Waals surface area contributed by atoms with E-state index in [-0.39, 0.29) is 0 Å². The molecule has 2 aromatic rings. The molecule has 0 bridgehead atoms. The first-order valence-corrected chi connectivity index (χ1v) is 5.68. The minimum atomic E-state index is 0.473. The van der Waals surface area contributed by atoms with Crippen molar-refractivity contribution in [3.8, 4) is 0 Å². The molecule has 0 amide bonds. The number of anilines is 1. The Kier molecular flexibility index (Phi) is 2.11. The van der Waals surface area contributed by atoms with Crippen LogP contribution in [0, 0.1) is 0 Å².